The third-order valence-corrected chi connectivity index (χ3v) is 3.03. The highest BCUT2D eigenvalue weighted by molar-refractivity contribution is 6.01. The fourth-order valence-corrected chi connectivity index (χ4v) is 2.03. The van der Waals surface area contributed by atoms with Crippen molar-refractivity contribution in [2.24, 2.45) is 10.7 Å². The van der Waals surface area contributed by atoms with Crippen molar-refractivity contribution in [2.45, 2.75) is 26.7 Å². The molecule has 0 aliphatic carbocycles. The van der Waals surface area contributed by atoms with Gasteiger partial charge in [-0.3, -0.25) is 0 Å². The quantitative estimate of drug-likeness (QED) is 0.885. The van der Waals surface area contributed by atoms with Crippen LogP contribution in [0.3, 0.4) is 0 Å². The Morgan fingerprint density at radius 3 is 2.61 bits per heavy atom. The number of nitrogens with two attached hydrogens (primary N) is 1. The number of rotatable bonds is 4. The minimum atomic E-state index is 0.670. The standard InChI is InChI=1S/C15H20N2O/c1-3-4-13(15-17-9-10-18-15)14(16)12-7-5-11(2)6-8-12/h5-8H,3-4,9-10,16H2,1-2H3/b14-13-. The number of hydrogen-bond donors (Lipinski definition) is 1. The van der Waals surface area contributed by atoms with Gasteiger partial charge in [0.05, 0.1) is 6.54 Å². The number of benzene rings is 1. The Bertz CT molecular complexity index is 472. The Morgan fingerprint density at radius 1 is 1.33 bits per heavy atom. The molecule has 3 nitrogen and oxygen atoms in total. The number of aliphatic imine (C=N–C) groups is 1. The van der Waals surface area contributed by atoms with Crippen LogP contribution in [0, 0.1) is 6.92 Å². The van der Waals surface area contributed by atoms with Crippen LogP contribution in [0.1, 0.15) is 30.9 Å². The summed E-state index contributed by atoms with van der Waals surface area (Å²) in [5.74, 6) is 0.731. The molecule has 1 aliphatic rings. The fraction of sp³-hybridized carbons (Fsp3) is 0.400. The Morgan fingerprint density at radius 2 is 2.06 bits per heavy atom. The largest absolute Gasteiger partial charge is 0.476 e. The minimum absolute atomic E-state index is 0.670. The van der Waals surface area contributed by atoms with Crippen LogP contribution < -0.4 is 5.73 Å². The highest BCUT2D eigenvalue weighted by Crippen LogP contribution is 2.21. The van der Waals surface area contributed by atoms with Gasteiger partial charge < -0.3 is 10.5 Å². The summed E-state index contributed by atoms with van der Waals surface area (Å²) in [7, 11) is 0. The van der Waals surface area contributed by atoms with Crippen LogP contribution in [-0.4, -0.2) is 19.0 Å². The summed E-state index contributed by atoms with van der Waals surface area (Å²) in [6.07, 6.45) is 1.93. The molecule has 2 rings (SSSR count). The lowest BCUT2D eigenvalue weighted by molar-refractivity contribution is 0.346. The first kappa shape index (κ1) is 12.7. The van der Waals surface area contributed by atoms with Crippen molar-refractivity contribution in [1.82, 2.24) is 0 Å². The molecule has 0 aromatic heterocycles. The Labute approximate surface area is 108 Å². The summed E-state index contributed by atoms with van der Waals surface area (Å²) in [6.45, 7) is 5.62. The van der Waals surface area contributed by atoms with Crippen molar-refractivity contribution in [1.29, 1.82) is 0 Å². The van der Waals surface area contributed by atoms with E-state index in [1.54, 1.807) is 0 Å². The lowest BCUT2D eigenvalue weighted by atomic mass is 10.0. The van der Waals surface area contributed by atoms with E-state index in [1.165, 1.54) is 5.56 Å². The Balaban J connectivity index is 2.36. The molecular weight excluding hydrogens is 224 g/mol. The fourth-order valence-electron chi connectivity index (χ4n) is 2.03. The molecule has 96 valence electrons. The van der Waals surface area contributed by atoms with Crippen LogP contribution in [-0.2, 0) is 4.74 Å². The average Bonchev–Trinajstić information content (AvgIpc) is 2.90. The number of ether oxygens (including phenoxy) is 1. The van der Waals surface area contributed by atoms with Gasteiger partial charge in [-0.2, -0.15) is 0 Å². The molecular formula is C15H20N2O. The molecule has 18 heavy (non-hydrogen) atoms. The van der Waals surface area contributed by atoms with Gasteiger partial charge in [0, 0.05) is 11.3 Å². The molecule has 2 N–H and O–H groups in total. The van der Waals surface area contributed by atoms with Gasteiger partial charge >= 0.3 is 0 Å². The van der Waals surface area contributed by atoms with Gasteiger partial charge in [-0.05, 0) is 18.9 Å². The molecule has 1 aromatic rings. The maximum atomic E-state index is 6.27. The smallest absolute Gasteiger partial charge is 0.214 e. The van der Waals surface area contributed by atoms with Crippen molar-refractivity contribution in [3.63, 3.8) is 0 Å². The molecule has 0 spiro atoms. The molecule has 0 saturated carbocycles. The Hall–Kier alpha value is -1.77. The van der Waals surface area contributed by atoms with Crippen LogP contribution >= 0.6 is 0 Å². The van der Waals surface area contributed by atoms with Crippen molar-refractivity contribution in [3.8, 4) is 0 Å². The monoisotopic (exact) mass is 244 g/mol. The van der Waals surface area contributed by atoms with Gasteiger partial charge in [0.15, 0.2) is 0 Å². The predicted molar refractivity (Wildman–Crippen MR) is 75.4 cm³/mol. The molecule has 1 aromatic carbocycles. The zero-order chi connectivity index (χ0) is 13.0. The summed E-state index contributed by atoms with van der Waals surface area (Å²) in [5, 5.41) is 0. The summed E-state index contributed by atoms with van der Waals surface area (Å²) in [5.41, 5.74) is 10.4. The molecule has 0 atom stereocenters. The molecule has 1 heterocycles. The van der Waals surface area contributed by atoms with E-state index in [1.807, 2.05) is 0 Å². The topological polar surface area (TPSA) is 47.6 Å². The van der Waals surface area contributed by atoms with Gasteiger partial charge in [0.25, 0.3) is 0 Å². The van der Waals surface area contributed by atoms with E-state index in [9.17, 15) is 0 Å². The van der Waals surface area contributed by atoms with Crippen LogP contribution in [0.4, 0.5) is 0 Å². The second kappa shape index (κ2) is 5.71. The normalized spacial score (nSPS) is 16.0. The summed E-state index contributed by atoms with van der Waals surface area (Å²) >= 11 is 0. The first-order valence-corrected chi connectivity index (χ1v) is 6.45. The molecule has 0 radical (unpaired) electrons. The van der Waals surface area contributed by atoms with Gasteiger partial charge in [0.1, 0.15) is 6.61 Å². The number of hydrogen-bond acceptors (Lipinski definition) is 3. The van der Waals surface area contributed by atoms with Crippen LogP contribution in [0.5, 0.6) is 0 Å². The van der Waals surface area contributed by atoms with E-state index >= 15 is 0 Å². The number of aryl methyl sites for hydroxylation is 1. The second-order valence-corrected chi connectivity index (χ2v) is 4.54. The van der Waals surface area contributed by atoms with Crippen molar-refractivity contribution < 1.29 is 4.74 Å². The molecule has 3 heteroatoms. The Kier molecular flexibility index (Phi) is 4.03. The first-order chi connectivity index (χ1) is 8.72. The van der Waals surface area contributed by atoms with E-state index in [0.717, 1.165) is 42.1 Å². The maximum absolute atomic E-state index is 6.27. The second-order valence-electron chi connectivity index (χ2n) is 4.54. The highest BCUT2D eigenvalue weighted by Gasteiger charge is 2.16. The third kappa shape index (κ3) is 2.73. The minimum Gasteiger partial charge on any atom is -0.476 e. The predicted octanol–water partition coefficient (Wildman–Crippen LogP) is 2.89. The molecule has 0 fully saturated rings. The van der Waals surface area contributed by atoms with Gasteiger partial charge in [-0.15, -0.1) is 0 Å². The molecule has 0 unspecified atom stereocenters. The van der Waals surface area contributed by atoms with E-state index in [4.69, 9.17) is 10.5 Å². The molecule has 0 bridgehead atoms. The van der Waals surface area contributed by atoms with Crippen molar-refractivity contribution in [3.05, 3.63) is 41.0 Å². The molecule has 0 amide bonds. The zero-order valence-corrected chi connectivity index (χ0v) is 11.1. The van der Waals surface area contributed by atoms with Crippen LogP contribution in [0.2, 0.25) is 0 Å². The average molecular weight is 244 g/mol. The van der Waals surface area contributed by atoms with E-state index in [0.29, 0.717) is 6.61 Å². The van der Waals surface area contributed by atoms with Crippen LogP contribution in [0.15, 0.2) is 34.8 Å². The van der Waals surface area contributed by atoms with E-state index in [2.05, 4.69) is 43.1 Å². The molecule has 1 aliphatic heterocycles. The highest BCUT2D eigenvalue weighted by atomic mass is 16.5. The van der Waals surface area contributed by atoms with E-state index < -0.39 is 0 Å². The number of nitrogens with zero attached hydrogens (tertiary/aromatic N) is 1. The lowest BCUT2D eigenvalue weighted by Crippen LogP contribution is -2.11. The summed E-state index contributed by atoms with van der Waals surface area (Å²) in [6, 6.07) is 8.25. The summed E-state index contributed by atoms with van der Waals surface area (Å²) < 4.78 is 5.55. The SMILES string of the molecule is CCC/C(C1=NCCO1)=C(/N)c1ccc(C)cc1. The first-order valence-electron chi connectivity index (χ1n) is 6.45. The maximum Gasteiger partial charge on any atom is 0.214 e. The third-order valence-electron chi connectivity index (χ3n) is 3.03. The van der Waals surface area contributed by atoms with Gasteiger partial charge in [0.2, 0.25) is 5.90 Å². The lowest BCUT2D eigenvalue weighted by Gasteiger charge is -2.11. The zero-order valence-electron chi connectivity index (χ0n) is 11.1. The van der Waals surface area contributed by atoms with E-state index in [-0.39, 0.29) is 0 Å². The van der Waals surface area contributed by atoms with Crippen molar-refractivity contribution in [2.75, 3.05) is 13.2 Å². The van der Waals surface area contributed by atoms with Crippen molar-refractivity contribution >= 4 is 11.6 Å². The van der Waals surface area contributed by atoms with Gasteiger partial charge in [-0.25, -0.2) is 4.99 Å². The van der Waals surface area contributed by atoms with Gasteiger partial charge in [-0.1, -0.05) is 43.2 Å². The van der Waals surface area contributed by atoms with Crippen LogP contribution in [0.25, 0.3) is 5.70 Å². The molecule has 0 saturated heterocycles. The summed E-state index contributed by atoms with van der Waals surface area (Å²) in [4.78, 5) is 4.38.